The Morgan fingerprint density at radius 1 is 0.848 bits per heavy atom. The molecule has 0 heterocycles. The summed E-state index contributed by atoms with van der Waals surface area (Å²) in [6.07, 6.45) is 8.77. The molecule has 0 aliphatic heterocycles. The number of carbonyl (C=O) groups is 3. The molecule has 3 rings (SSSR count). The number of carboxylic acid groups (broad SMARTS) is 2. The van der Waals surface area contributed by atoms with Crippen LogP contribution in [0, 0.1) is 13.8 Å². The van der Waals surface area contributed by atoms with Crippen molar-refractivity contribution in [2.75, 3.05) is 5.32 Å². The first-order valence-electron chi connectivity index (χ1n) is 11.4. The van der Waals surface area contributed by atoms with Crippen molar-refractivity contribution in [2.45, 2.75) is 70.9 Å². The van der Waals surface area contributed by atoms with Crippen molar-refractivity contribution in [2.24, 2.45) is 0 Å². The first kappa shape index (κ1) is 26.1. The van der Waals surface area contributed by atoms with E-state index in [-0.39, 0.29) is 11.9 Å². The summed E-state index contributed by atoms with van der Waals surface area (Å²) in [5.74, 6) is -3.62. The Morgan fingerprint density at radius 2 is 1.42 bits per heavy atom. The highest BCUT2D eigenvalue weighted by atomic mass is 16.4. The van der Waals surface area contributed by atoms with E-state index in [1.807, 2.05) is 43.3 Å². The highest BCUT2D eigenvalue weighted by Gasteiger charge is 2.24. The molecule has 1 atom stereocenters. The van der Waals surface area contributed by atoms with Gasteiger partial charge in [-0.15, -0.1) is 0 Å². The fourth-order valence-corrected chi connectivity index (χ4v) is 3.90. The van der Waals surface area contributed by atoms with Gasteiger partial charge in [-0.2, -0.15) is 0 Å². The van der Waals surface area contributed by atoms with Gasteiger partial charge in [0.2, 0.25) is 5.91 Å². The molecule has 7 nitrogen and oxygen atoms in total. The minimum Gasteiger partial charge on any atom is -0.473 e. The minimum absolute atomic E-state index is 0.0250. The highest BCUT2D eigenvalue weighted by Crippen LogP contribution is 2.23. The van der Waals surface area contributed by atoms with E-state index in [2.05, 4.69) is 29.7 Å². The van der Waals surface area contributed by atoms with E-state index in [9.17, 15) is 4.79 Å². The van der Waals surface area contributed by atoms with Crippen molar-refractivity contribution in [1.29, 1.82) is 0 Å². The predicted molar refractivity (Wildman–Crippen MR) is 128 cm³/mol. The molecule has 2 aromatic rings. The Bertz CT molecular complexity index is 910. The molecule has 1 unspecified atom stereocenters. The number of rotatable bonds is 5. The van der Waals surface area contributed by atoms with Crippen molar-refractivity contribution in [3.05, 3.63) is 65.2 Å². The van der Waals surface area contributed by atoms with E-state index in [4.69, 9.17) is 19.8 Å². The number of hydrogen-bond donors (Lipinski definition) is 4. The fraction of sp³-hybridized carbons (Fsp3) is 0.423. The number of hydrogen-bond acceptors (Lipinski definition) is 4. The number of aliphatic carboxylic acids is 2. The number of aryl methyl sites for hydroxylation is 2. The second kappa shape index (κ2) is 13.4. The third-order valence-electron chi connectivity index (χ3n) is 5.74. The standard InChI is InChI=1S/C24H32N2O.C2H2O4/c1-18-15-16-19(2)22(17-18)26-24(27)23(20-11-7-6-8-12-20)25-21-13-9-4-3-5-10-14-21;3-1(4)2(5)6/h6-8,11-12,15-17,21,23,25H,3-5,9-10,13-14H2,1-2H3,(H,26,27);(H,3,4)(H,5,6). The first-order chi connectivity index (χ1) is 15.8. The first-order valence-corrected chi connectivity index (χ1v) is 11.4. The number of benzene rings is 2. The zero-order valence-electron chi connectivity index (χ0n) is 19.3. The molecule has 7 heteroatoms. The molecule has 1 aliphatic carbocycles. The maximum absolute atomic E-state index is 13.2. The molecule has 1 saturated carbocycles. The van der Waals surface area contributed by atoms with Crippen LogP contribution in [0.2, 0.25) is 0 Å². The Morgan fingerprint density at radius 3 is 2.00 bits per heavy atom. The number of carboxylic acids is 2. The average Bonchev–Trinajstić information content (AvgIpc) is 2.76. The van der Waals surface area contributed by atoms with Gasteiger partial charge in [0.15, 0.2) is 0 Å². The maximum Gasteiger partial charge on any atom is 0.414 e. The van der Waals surface area contributed by atoms with Crippen LogP contribution in [0.3, 0.4) is 0 Å². The summed E-state index contributed by atoms with van der Waals surface area (Å²) >= 11 is 0. The zero-order chi connectivity index (χ0) is 24.2. The van der Waals surface area contributed by atoms with E-state index in [0.717, 1.165) is 35.2 Å². The number of amides is 1. The van der Waals surface area contributed by atoms with Crippen molar-refractivity contribution in [3.8, 4) is 0 Å². The van der Waals surface area contributed by atoms with Crippen LogP contribution in [0.15, 0.2) is 48.5 Å². The summed E-state index contributed by atoms with van der Waals surface area (Å²) in [6, 6.07) is 16.4. The molecule has 4 N–H and O–H groups in total. The summed E-state index contributed by atoms with van der Waals surface area (Å²) in [5, 5.41) is 21.6. The van der Waals surface area contributed by atoms with E-state index < -0.39 is 11.9 Å². The van der Waals surface area contributed by atoms with Gasteiger partial charge in [0.25, 0.3) is 0 Å². The summed E-state index contributed by atoms with van der Waals surface area (Å²) in [7, 11) is 0. The molecule has 0 radical (unpaired) electrons. The molecular weight excluding hydrogens is 420 g/mol. The number of anilines is 1. The van der Waals surface area contributed by atoms with Gasteiger partial charge in [0.05, 0.1) is 0 Å². The molecule has 2 aromatic carbocycles. The van der Waals surface area contributed by atoms with Crippen molar-refractivity contribution >= 4 is 23.5 Å². The van der Waals surface area contributed by atoms with Crippen LogP contribution >= 0.6 is 0 Å². The lowest BCUT2D eigenvalue weighted by Gasteiger charge is -2.27. The molecule has 0 aromatic heterocycles. The van der Waals surface area contributed by atoms with Gasteiger partial charge in [-0.25, -0.2) is 9.59 Å². The zero-order valence-corrected chi connectivity index (χ0v) is 19.3. The quantitative estimate of drug-likeness (QED) is 0.481. The van der Waals surface area contributed by atoms with Crippen molar-refractivity contribution < 1.29 is 24.6 Å². The van der Waals surface area contributed by atoms with Crippen LogP contribution in [0.4, 0.5) is 5.69 Å². The van der Waals surface area contributed by atoms with Crippen LogP contribution in [0.1, 0.15) is 67.7 Å². The Hall–Kier alpha value is -3.19. The molecule has 1 fully saturated rings. The monoisotopic (exact) mass is 454 g/mol. The van der Waals surface area contributed by atoms with Gasteiger partial charge in [-0.3, -0.25) is 10.1 Å². The fourth-order valence-electron chi connectivity index (χ4n) is 3.90. The average molecular weight is 455 g/mol. The SMILES string of the molecule is Cc1ccc(C)c(NC(=O)C(NC2CCCCCCC2)c2ccccc2)c1.O=C(O)C(=O)O. The molecule has 178 valence electrons. The van der Waals surface area contributed by atoms with Gasteiger partial charge in [0.1, 0.15) is 6.04 Å². The van der Waals surface area contributed by atoms with Crippen molar-refractivity contribution in [3.63, 3.8) is 0 Å². The lowest BCUT2D eigenvalue weighted by Crippen LogP contribution is -2.40. The summed E-state index contributed by atoms with van der Waals surface area (Å²) < 4.78 is 0. The van der Waals surface area contributed by atoms with Crippen LogP contribution < -0.4 is 10.6 Å². The Kier molecular flexibility index (Phi) is 10.6. The third kappa shape index (κ3) is 9.06. The predicted octanol–water partition coefficient (Wildman–Crippen LogP) is 4.84. The van der Waals surface area contributed by atoms with Gasteiger partial charge in [0, 0.05) is 11.7 Å². The minimum atomic E-state index is -1.82. The largest absolute Gasteiger partial charge is 0.473 e. The molecule has 1 aliphatic rings. The van der Waals surface area contributed by atoms with E-state index in [1.165, 1.54) is 32.1 Å². The second-order valence-corrected chi connectivity index (χ2v) is 8.47. The molecule has 0 bridgehead atoms. The highest BCUT2D eigenvalue weighted by molar-refractivity contribution is 6.27. The topological polar surface area (TPSA) is 116 Å². The van der Waals surface area contributed by atoms with Crippen molar-refractivity contribution in [1.82, 2.24) is 5.32 Å². The lowest BCUT2D eigenvalue weighted by atomic mass is 9.95. The van der Waals surface area contributed by atoms with Crippen LogP contribution in [0.5, 0.6) is 0 Å². The summed E-state index contributed by atoms with van der Waals surface area (Å²) in [4.78, 5) is 31.4. The van der Waals surface area contributed by atoms with E-state index in [1.54, 1.807) is 0 Å². The Labute approximate surface area is 195 Å². The normalized spacial score (nSPS) is 15.2. The lowest BCUT2D eigenvalue weighted by molar-refractivity contribution is -0.159. The number of carbonyl (C=O) groups excluding carboxylic acids is 1. The van der Waals surface area contributed by atoms with Gasteiger partial charge in [-0.05, 0) is 49.4 Å². The van der Waals surface area contributed by atoms with Gasteiger partial charge < -0.3 is 15.5 Å². The van der Waals surface area contributed by atoms with Crippen LogP contribution in [-0.4, -0.2) is 34.1 Å². The van der Waals surface area contributed by atoms with E-state index in [0.29, 0.717) is 6.04 Å². The van der Waals surface area contributed by atoms with Gasteiger partial charge >= 0.3 is 11.9 Å². The van der Waals surface area contributed by atoms with Crippen LogP contribution in [0.25, 0.3) is 0 Å². The molecule has 0 saturated heterocycles. The summed E-state index contributed by atoms with van der Waals surface area (Å²) in [6.45, 7) is 4.09. The molecular formula is C26H34N2O5. The van der Waals surface area contributed by atoms with E-state index >= 15 is 0 Å². The summed E-state index contributed by atoms with van der Waals surface area (Å²) in [5.41, 5.74) is 4.18. The maximum atomic E-state index is 13.2. The number of nitrogens with one attached hydrogen (secondary N) is 2. The molecule has 33 heavy (non-hydrogen) atoms. The third-order valence-corrected chi connectivity index (χ3v) is 5.74. The Balaban J connectivity index is 0.000000569. The molecule has 1 amide bonds. The van der Waals surface area contributed by atoms with Crippen LogP contribution in [-0.2, 0) is 14.4 Å². The molecule has 0 spiro atoms. The second-order valence-electron chi connectivity index (χ2n) is 8.47. The van der Waals surface area contributed by atoms with Gasteiger partial charge in [-0.1, -0.05) is 74.6 Å². The smallest absolute Gasteiger partial charge is 0.414 e.